The van der Waals surface area contributed by atoms with E-state index in [1.54, 1.807) is 12.1 Å². The molecule has 0 bridgehead atoms. The Morgan fingerprint density at radius 1 is 0.976 bits per heavy atom. The standard InChI is InChI=1S/C32H31N5O4/c1-20(2)22-8-7-9-24(18-22)32(3,4)33-28(38)13-12-21-16-23(19-36-29(39)14-15-30(36)40)31(41)27(17-21)37-34-25-10-5-6-11-26(25)35-37/h5-11,14-18,41H,1,12-13,19H2,2-4H3,(H,33,38). The Hall–Kier alpha value is -5.05. The number of hydrogen-bond donors (Lipinski definition) is 2. The van der Waals surface area contributed by atoms with Gasteiger partial charge in [0.1, 0.15) is 22.5 Å². The Labute approximate surface area is 237 Å². The molecule has 0 saturated heterocycles. The number of phenolic OH excluding ortho intramolecular Hbond substituents is 1. The van der Waals surface area contributed by atoms with Crippen LogP contribution in [-0.4, -0.2) is 42.7 Å². The van der Waals surface area contributed by atoms with Crippen LogP contribution in [0.25, 0.3) is 22.3 Å². The number of aromatic hydroxyl groups is 1. The Morgan fingerprint density at radius 2 is 1.63 bits per heavy atom. The molecule has 0 atom stereocenters. The molecule has 2 N–H and O–H groups in total. The molecular formula is C32H31N5O4. The number of carbonyl (C=O) groups is 3. The van der Waals surface area contributed by atoms with Gasteiger partial charge in [-0.05, 0) is 68.1 Å². The Morgan fingerprint density at radius 3 is 2.27 bits per heavy atom. The summed E-state index contributed by atoms with van der Waals surface area (Å²) in [5.74, 6) is -1.21. The van der Waals surface area contributed by atoms with Gasteiger partial charge in [-0.3, -0.25) is 19.3 Å². The second-order valence-electron chi connectivity index (χ2n) is 10.7. The van der Waals surface area contributed by atoms with E-state index in [1.165, 1.54) is 16.9 Å². The Kier molecular flexibility index (Phi) is 7.28. The Balaban J connectivity index is 1.40. The highest BCUT2D eigenvalue weighted by Gasteiger charge is 2.27. The lowest BCUT2D eigenvalue weighted by Gasteiger charge is -2.27. The topological polar surface area (TPSA) is 117 Å². The van der Waals surface area contributed by atoms with Gasteiger partial charge in [0, 0.05) is 24.1 Å². The first-order valence-electron chi connectivity index (χ1n) is 13.3. The molecule has 1 aliphatic heterocycles. The molecule has 9 heteroatoms. The maximum Gasteiger partial charge on any atom is 0.253 e. The highest BCUT2D eigenvalue weighted by Crippen LogP contribution is 2.31. The van der Waals surface area contributed by atoms with Crippen molar-refractivity contribution in [3.05, 3.63) is 102 Å². The minimum absolute atomic E-state index is 0.129. The number of imide groups is 1. The molecule has 0 unspecified atom stereocenters. The third kappa shape index (κ3) is 5.79. The molecule has 1 aromatic heterocycles. The van der Waals surface area contributed by atoms with Crippen LogP contribution in [0.3, 0.4) is 0 Å². The van der Waals surface area contributed by atoms with Gasteiger partial charge in [0.05, 0.1) is 12.1 Å². The number of hydrogen-bond acceptors (Lipinski definition) is 6. The highest BCUT2D eigenvalue weighted by atomic mass is 16.3. The smallest absolute Gasteiger partial charge is 0.253 e. The summed E-state index contributed by atoms with van der Waals surface area (Å²) in [6, 6.07) is 18.7. The molecule has 0 saturated carbocycles. The van der Waals surface area contributed by atoms with Crippen LogP contribution in [0.15, 0.2) is 79.4 Å². The van der Waals surface area contributed by atoms with E-state index in [4.69, 9.17) is 0 Å². The van der Waals surface area contributed by atoms with Gasteiger partial charge in [0.25, 0.3) is 11.8 Å². The lowest BCUT2D eigenvalue weighted by atomic mass is 9.91. The van der Waals surface area contributed by atoms with Crippen molar-refractivity contribution >= 4 is 34.3 Å². The molecule has 0 spiro atoms. The summed E-state index contributed by atoms with van der Waals surface area (Å²) in [4.78, 5) is 39.9. The van der Waals surface area contributed by atoms with Crippen LogP contribution in [0.5, 0.6) is 5.75 Å². The second-order valence-corrected chi connectivity index (χ2v) is 10.7. The van der Waals surface area contributed by atoms with Gasteiger partial charge in [-0.2, -0.15) is 0 Å². The van der Waals surface area contributed by atoms with E-state index >= 15 is 0 Å². The largest absolute Gasteiger partial charge is 0.505 e. The third-order valence-electron chi connectivity index (χ3n) is 7.13. The lowest BCUT2D eigenvalue weighted by molar-refractivity contribution is -0.137. The van der Waals surface area contributed by atoms with Crippen molar-refractivity contribution in [3.8, 4) is 11.4 Å². The average molecular weight is 550 g/mol. The molecule has 0 radical (unpaired) electrons. The van der Waals surface area contributed by atoms with E-state index in [0.29, 0.717) is 23.0 Å². The summed E-state index contributed by atoms with van der Waals surface area (Å²) in [5, 5.41) is 23.3. The minimum atomic E-state index is -0.615. The number of fused-ring (bicyclic) bond motifs is 1. The van der Waals surface area contributed by atoms with Crippen molar-refractivity contribution < 1.29 is 19.5 Å². The summed E-state index contributed by atoms with van der Waals surface area (Å²) in [6.45, 7) is 9.72. The number of aromatic nitrogens is 3. The van der Waals surface area contributed by atoms with E-state index < -0.39 is 17.4 Å². The first-order chi connectivity index (χ1) is 19.5. The number of nitrogens with one attached hydrogen (secondary N) is 1. The minimum Gasteiger partial charge on any atom is -0.505 e. The monoisotopic (exact) mass is 549 g/mol. The van der Waals surface area contributed by atoms with E-state index in [0.717, 1.165) is 27.2 Å². The van der Waals surface area contributed by atoms with Crippen molar-refractivity contribution in [2.24, 2.45) is 0 Å². The van der Waals surface area contributed by atoms with E-state index in [9.17, 15) is 19.5 Å². The molecular weight excluding hydrogens is 518 g/mol. The summed E-state index contributed by atoms with van der Waals surface area (Å²) in [6.07, 6.45) is 2.91. The molecule has 1 aliphatic rings. The first-order valence-corrected chi connectivity index (χ1v) is 13.3. The molecule has 0 fully saturated rings. The van der Waals surface area contributed by atoms with E-state index in [2.05, 4.69) is 22.1 Å². The van der Waals surface area contributed by atoms with Gasteiger partial charge in [0.2, 0.25) is 5.91 Å². The molecule has 3 amide bonds. The van der Waals surface area contributed by atoms with Crippen molar-refractivity contribution in [1.82, 2.24) is 25.2 Å². The van der Waals surface area contributed by atoms with Gasteiger partial charge in [-0.15, -0.1) is 15.0 Å². The van der Waals surface area contributed by atoms with Crippen LogP contribution in [0, 0.1) is 0 Å². The molecule has 3 aromatic carbocycles. The quantitative estimate of drug-likeness (QED) is 0.296. The van der Waals surface area contributed by atoms with Crippen molar-refractivity contribution in [2.75, 3.05) is 0 Å². The van der Waals surface area contributed by atoms with Crippen molar-refractivity contribution in [1.29, 1.82) is 0 Å². The number of aryl methyl sites for hydroxylation is 1. The zero-order chi connectivity index (χ0) is 29.3. The number of phenols is 1. The van der Waals surface area contributed by atoms with Crippen molar-refractivity contribution in [2.45, 2.75) is 45.7 Å². The maximum atomic E-state index is 13.1. The summed E-state index contributed by atoms with van der Waals surface area (Å²) >= 11 is 0. The maximum absolute atomic E-state index is 13.1. The average Bonchev–Trinajstić information content (AvgIpc) is 3.51. The molecule has 41 heavy (non-hydrogen) atoms. The fourth-order valence-corrected chi connectivity index (χ4v) is 4.80. The fraction of sp³-hybridized carbons (Fsp3) is 0.219. The van der Waals surface area contributed by atoms with Gasteiger partial charge in [0.15, 0.2) is 0 Å². The number of allylic oxidation sites excluding steroid dienone is 1. The van der Waals surface area contributed by atoms with Crippen LogP contribution < -0.4 is 5.32 Å². The van der Waals surface area contributed by atoms with E-state index in [-0.39, 0.29) is 30.3 Å². The van der Waals surface area contributed by atoms with Crippen molar-refractivity contribution in [3.63, 3.8) is 0 Å². The van der Waals surface area contributed by atoms with Crippen LogP contribution in [-0.2, 0) is 32.9 Å². The summed E-state index contributed by atoms with van der Waals surface area (Å²) in [5.41, 5.74) is 4.95. The molecule has 2 heterocycles. The zero-order valence-corrected chi connectivity index (χ0v) is 23.2. The second kappa shape index (κ2) is 10.8. The molecule has 4 aromatic rings. The zero-order valence-electron chi connectivity index (χ0n) is 23.2. The van der Waals surface area contributed by atoms with Gasteiger partial charge in [-0.25, -0.2) is 0 Å². The highest BCUT2D eigenvalue weighted by molar-refractivity contribution is 6.12. The predicted molar refractivity (Wildman–Crippen MR) is 156 cm³/mol. The number of rotatable bonds is 9. The number of benzene rings is 3. The van der Waals surface area contributed by atoms with Gasteiger partial charge < -0.3 is 10.4 Å². The SMILES string of the molecule is C=C(C)c1cccc(C(C)(C)NC(=O)CCc2cc(CN3C(=O)C=CC3=O)c(O)c(-n3nc4ccccc4n3)c2)c1. The molecule has 9 nitrogen and oxygen atoms in total. The molecule has 5 rings (SSSR count). The van der Waals surface area contributed by atoms with Crippen LogP contribution >= 0.6 is 0 Å². The number of nitrogens with zero attached hydrogens (tertiary/aromatic N) is 4. The molecule has 0 aliphatic carbocycles. The molecule has 208 valence electrons. The third-order valence-corrected chi connectivity index (χ3v) is 7.13. The Bertz CT molecular complexity index is 1680. The lowest BCUT2D eigenvalue weighted by Crippen LogP contribution is -2.41. The first kappa shape index (κ1) is 27.5. The summed E-state index contributed by atoms with van der Waals surface area (Å²) in [7, 11) is 0. The number of amides is 3. The number of carbonyl (C=O) groups excluding carboxylic acids is 3. The van der Waals surface area contributed by atoms with E-state index in [1.807, 2.05) is 69.3 Å². The van der Waals surface area contributed by atoms with Gasteiger partial charge >= 0.3 is 0 Å². The fourth-order valence-electron chi connectivity index (χ4n) is 4.80. The normalized spacial score (nSPS) is 13.3. The predicted octanol–water partition coefficient (Wildman–Crippen LogP) is 4.57. The van der Waals surface area contributed by atoms with Crippen LogP contribution in [0.4, 0.5) is 0 Å². The summed E-state index contributed by atoms with van der Waals surface area (Å²) < 4.78 is 0. The van der Waals surface area contributed by atoms with Crippen LogP contribution in [0.2, 0.25) is 0 Å². The van der Waals surface area contributed by atoms with Crippen LogP contribution in [0.1, 0.15) is 49.4 Å². The van der Waals surface area contributed by atoms with Gasteiger partial charge in [-0.1, -0.05) is 48.6 Å².